The topological polar surface area (TPSA) is 106 Å². The molecule has 0 radical (unpaired) electrons. The van der Waals surface area contributed by atoms with Crippen molar-refractivity contribution >= 4 is 17.5 Å². The number of benzene rings is 1. The summed E-state index contributed by atoms with van der Waals surface area (Å²) >= 11 is 6.27. The van der Waals surface area contributed by atoms with Crippen molar-refractivity contribution in [1.82, 2.24) is 14.5 Å². The van der Waals surface area contributed by atoms with Gasteiger partial charge in [0.05, 0.1) is 35.5 Å². The lowest BCUT2D eigenvalue weighted by Gasteiger charge is -2.22. The SMILES string of the molecule is COCC(O)Cn1c(C)cn(-c2ccc(Cl)c(C(=O)NC(O)C3CCCCCC3)c2)c1=O. The number of carbonyl (C=O) groups excluding carboxylic acids is 1. The molecule has 1 aromatic carbocycles. The summed E-state index contributed by atoms with van der Waals surface area (Å²) in [5, 5.41) is 23.5. The molecule has 1 saturated carbocycles. The summed E-state index contributed by atoms with van der Waals surface area (Å²) in [6, 6.07) is 4.74. The van der Waals surface area contributed by atoms with E-state index in [0.717, 1.165) is 38.5 Å². The molecule has 0 aliphatic heterocycles. The molecule has 3 N–H and O–H groups in total. The molecule has 1 amide bonds. The van der Waals surface area contributed by atoms with Crippen molar-refractivity contribution in [3.63, 3.8) is 0 Å². The van der Waals surface area contributed by atoms with Crippen LogP contribution in [0.3, 0.4) is 0 Å². The second kappa shape index (κ2) is 11.1. The molecule has 176 valence electrons. The number of aliphatic hydroxyl groups excluding tert-OH is 2. The molecule has 1 aromatic heterocycles. The molecule has 0 bridgehead atoms. The van der Waals surface area contributed by atoms with Crippen LogP contribution >= 0.6 is 11.6 Å². The van der Waals surface area contributed by atoms with Crippen LogP contribution in [-0.4, -0.2) is 51.3 Å². The maximum absolute atomic E-state index is 12.9. The fraction of sp³-hybridized carbons (Fsp3) is 0.565. The van der Waals surface area contributed by atoms with E-state index in [1.807, 2.05) is 0 Å². The quantitative estimate of drug-likeness (QED) is 0.410. The van der Waals surface area contributed by atoms with E-state index in [2.05, 4.69) is 5.32 Å². The zero-order chi connectivity index (χ0) is 23.3. The highest BCUT2D eigenvalue weighted by molar-refractivity contribution is 6.33. The van der Waals surface area contributed by atoms with E-state index in [4.69, 9.17) is 16.3 Å². The van der Waals surface area contributed by atoms with Crippen LogP contribution in [0.15, 0.2) is 29.2 Å². The Labute approximate surface area is 192 Å². The van der Waals surface area contributed by atoms with Crippen molar-refractivity contribution in [3.8, 4) is 5.69 Å². The number of nitrogens with zero attached hydrogens (tertiary/aromatic N) is 2. The first-order valence-corrected chi connectivity index (χ1v) is 11.4. The minimum atomic E-state index is -0.936. The molecule has 0 saturated heterocycles. The fourth-order valence-electron chi connectivity index (χ4n) is 4.25. The van der Waals surface area contributed by atoms with Gasteiger partial charge in [-0.15, -0.1) is 0 Å². The van der Waals surface area contributed by atoms with E-state index < -0.39 is 18.2 Å². The number of aromatic nitrogens is 2. The van der Waals surface area contributed by atoms with Crippen LogP contribution in [0.5, 0.6) is 0 Å². The first-order chi connectivity index (χ1) is 15.3. The Bertz CT molecular complexity index is 978. The number of imidazole rings is 1. The third-order valence-electron chi connectivity index (χ3n) is 6.03. The normalized spacial score (nSPS) is 17.0. The average molecular weight is 466 g/mol. The lowest BCUT2D eigenvalue weighted by molar-refractivity contribution is 0.0526. The third-order valence-corrected chi connectivity index (χ3v) is 6.36. The molecule has 2 unspecified atom stereocenters. The molecule has 1 fully saturated rings. The van der Waals surface area contributed by atoms with Gasteiger partial charge in [-0.3, -0.25) is 13.9 Å². The van der Waals surface area contributed by atoms with Crippen LogP contribution in [0.4, 0.5) is 0 Å². The van der Waals surface area contributed by atoms with Crippen molar-refractivity contribution in [3.05, 3.63) is 51.2 Å². The zero-order valence-corrected chi connectivity index (χ0v) is 19.3. The van der Waals surface area contributed by atoms with E-state index in [9.17, 15) is 19.8 Å². The van der Waals surface area contributed by atoms with Crippen molar-refractivity contribution < 1.29 is 19.7 Å². The summed E-state index contributed by atoms with van der Waals surface area (Å²) in [4.78, 5) is 25.8. The van der Waals surface area contributed by atoms with Crippen LogP contribution in [0.2, 0.25) is 5.02 Å². The van der Waals surface area contributed by atoms with E-state index >= 15 is 0 Å². The lowest BCUT2D eigenvalue weighted by atomic mass is 9.98. The molecule has 1 heterocycles. The second-order valence-electron chi connectivity index (χ2n) is 8.48. The number of rotatable bonds is 8. The molecule has 3 rings (SSSR count). The highest BCUT2D eigenvalue weighted by Crippen LogP contribution is 2.26. The van der Waals surface area contributed by atoms with Gasteiger partial charge < -0.3 is 20.3 Å². The van der Waals surface area contributed by atoms with E-state index in [0.29, 0.717) is 11.4 Å². The van der Waals surface area contributed by atoms with Gasteiger partial charge in [0.2, 0.25) is 0 Å². The van der Waals surface area contributed by atoms with Gasteiger partial charge in [-0.25, -0.2) is 4.79 Å². The van der Waals surface area contributed by atoms with Crippen LogP contribution in [0.25, 0.3) is 5.69 Å². The van der Waals surface area contributed by atoms with Gasteiger partial charge >= 0.3 is 5.69 Å². The predicted molar refractivity (Wildman–Crippen MR) is 122 cm³/mol. The number of amides is 1. The Hall–Kier alpha value is -2.13. The summed E-state index contributed by atoms with van der Waals surface area (Å²) in [5.41, 5.74) is 0.977. The number of ether oxygens (including phenoxy) is 1. The van der Waals surface area contributed by atoms with Crippen molar-refractivity contribution in [1.29, 1.82) is 0 Å². The number of aliphatic hydroxyl groups is 2. The Balaban J connectivity index is 1.81. The number of halogens is 1. The van der Waals surface area contributed by atoms with Crippen molar-refractivity contribution in [2.75, 3.05) is 13.7 Å². The first-order valence-electron chi connectivity index (χ1n) is 11.1. The van der Waals surface area contributed by atoms with Crippen molar-refractivity contribution in [2.24, 2.45) is 5.92 Å². The molecule has 2 atom stereocenters. The first kappa shape index (κ1) is 24.5. The Morgan fingerprint density at radius 1 is 1.25 bits per heavy atom. The standard InChI is InChI=1S/C23H32ClN3O5/c1-15-12-27(23(31)26(15)13-18(28)14-32-2)17-9-10-20(24)19(11-17)22(30)25-21(29)16-7-5-3-4-6-8-16/h9-12,16,18,21,28-29H,3-8,13-14H2,1-2H3,(H,25,30). The van der Waals surface area contributed by atoms with Gasteiger partial charge in [-0.05, 0) is 38.0 Å². The zero-order valence-electron chi connectivity index (χ0n) is 18.6. The molecular weight excluding hydrogens is 434 g/mol. The summed E-state index contributed by atoms with van der Waals surface area (Å²) < 4.78 is 7.79. The summed E-state index contributed by atoms with van der Waals surface area (Å²) in [7, 11) is 1.48. The largest absolute Gasteiger partial charge is 0.389 e. The molecular formula is C23H32ClN3O5. The molecule has 2 aromatic rings. The maximum atomic E-state index is 12.9. The van der Waals surface area contributed by atoms with Crippen LogP contribution in [0.1, 0.15) is 54.6 Å². The van der Waals surface area contributed by atoms with E-state index in [1.165, 1.54) is 22.3 Å². The number of methoxy groups -OCH3 is 1. The molecule has 9 heteroatoms. The number of hydrogen-bond acceptors (Lipinski definition) is 5. The minimum Gasteiger partial charge on any atom is -0.389 e. The van der Waals surface area contributed by atoms with Gasteiger partial charge in [0.1, 0.15) is 6.23 Å². The molecule has 1 aliphatic rings. The maximum Gasteiger partial charge on any atom is 0.333 e. The lowest BCUT2D eigenvalue weighted by Crippen LogP contribution is -2.40. The molecule has 32 heavy (non-hydrogen) atoms. The monoisotopic (exact) mass is 465 g/mol. The van der Waals surface area contributed by atoms with Gasteiger partial charge in [0, 0.05) is 24.9 Å². The van der Waals surface area contributed by atoms with E-state index in [1.54, 1.807) is 25.3 Å². The summed E-state index contributed by atoms with van der Waals surface area (Å²) in [6.07, 6.45) is 6.06. The Morgan fingerprint density at radius 3 is 2.59 bits per heavy atom. The smallest absolute Gasteiger partial charge is 0.333 e. The van der Waals surface area contributed by atoms with Crippen LogP contribution in [-0.2, 0) is 11.3 Å². The Morgan fingerprint density at radius 2 is 1.94 bits per heavy atom. The van der Waals surface area contributed by atoms with Crippen LogP contribution in [0, 0.1) is 12.8 Å². The summed E-state index contributed by atoms with van der Waals surface area (Å²) in [5.74, 6) is -0.449. The minimum absolute atomic E-state index is 0.0289. The van der Waals surface area contributed by atoms with Gasteiger partial charge in [-0.2, -0.15) is 0 Å². The number of carbonyl (C=O) groups is 1. The highest BCUT2D eigenvalue weighted by atomic mass is 35.5. The fourth-order valence-corrected chi connectivity index (χ4v) is 4.45. The highest BCUT2D eigenvalue weighted by Gasteiger charge is 2.24. The van der Waals surface area contributed by atoms with Crippen LogP contribution < -0.4 is 11.0 Å². The molecule has 1 aliphatic carbocycles. The average Bonchev–Trinajstić information content (AvgIpc) is 2.95. The van der Waals surface area contributed by atoms with Gasteiger partial charge in [0.25, 0.3) is 5.91 Å². The number of nitrogens with one attached hydrogen (secondary N) is 1. The Kier molecular flexibility index (Phi) is 8.53. The summed E-state index contributed by atoms with van der Waals surface area (Å²) in [6.45, 7) is 1.98. The molecule has 0 spiro atoms. The number of hydrogen-bond donors (Lipinski definition) is 3. The van der Waals surface area contributed by atoms with Gasteiger partial charge in [-0.1, -0.05) is 37.3 Å². The van der Waals surface area contributed by atoms with E-state index in [-0.39, 0.29) is 35.3 Å². The van der Waals surface area contributed by atoms with Crippen molar-refractivity contribution in [2.45, 2.75) is 64.3 Å². The number of aryl methyl sites for hydroxylation is 1. The predicted octanol–water partition coefficient (Wildman–Crippen LogP) is 2.63. The molecule has 8 nitrogen and oxygen atoms in total. The van der Waals surface area contributed by atoms with Gasteiger partial charge in [0.15, 0.2) is 0 Å². The third kappa shape index (κ3) is 5.81. The second-order valence-corrected chi connectivity index (χ2v) is 8.88.